The molecule has 34 heavy (non-hydrogen) atoms. The van der Waals surface area contributed by atoms with Gasteiger partial charge in [-0.3, -0.25) is 23.9 Å². The average Bonchev–Trinajstić information content (AvgIpc) is 2.68. The first-order chi connectivity index (χ1) is 15.5. The Bertz CT molecular complexity index is 1050. The number of rotatable bonds is 9. The van der Waals surface area contributed by atoms with Gasteiger partial charge in [-0.2, -0.15) is 0 Å². The highest BCUT2D eigenvalue weighted by Gasteiger charge is 2.30. The Morgan fingerprint density at radius 1 is 1.00 bits per heavy atom. The zero-order valence-electron chi connectivity index (χ0n) is 20.1. The van der Waals surface area contributed by atoms with Crippen molar-refractivity contribution in [1.82, 2.24) is 15.4 Å². The van der Waals surface area contributed by atoms with Crippen LogP contribution in [0.25, 0.3) is 0 Å². The monoisotopic (exact) mass is 496 g/mol. The highest BCUT2D eigenvalue weighted by Crippen LogP contribution is 2.29. The highest BCUT2D eigenvalue weighted by atomic mass is 32.2. The first-order valence-electron chi connectivity index (χ1n) is 10.5. The Labute approximate surface area is 199 Å². The van der Waals surface area contributed by atoms with Gasteiger partial charge in [0.25, 0.3) is 0 Å². The molecule has 2 atom stereocenters. The van der Waals surface area contributed by atoms with Gasteiger partial charge < -0.3 is 20.7 Å². The van der Waals surface area contributed by atoms with Crippen molar-refractivity contribution in [3.8, 4) is 0 Å². The number of benzene rings is 1. The molecule has 0 radical (unpaired) electrons. The van der Waals surface area contributed by atoms with Gasteiger partial charge in [-0.15, -0.1) is 0 Å². The molecule has 188 valence electrons. The van der Waals surface area contributed by atoms with Crippen LogP contribution >= 0.6 is 0 Å². The summed E-state index contributed by atoms with van der Waals surface area (Å²) in [5.41, 5.74) is 0.975. The topological polar surface area (TPSA) is 168 Å². The SMILES string of the molecule is CC(C)[C@H](NC(=O)C(=O)Nc1ccccc1C(C)(C)C)C(=O)N[C@H](C=O)CC(=O)NS(C)(=O)=O. The number of carbonyl (C=O) groups excluding carboxylic acids is 5. The third kappa shape index (κ3) is 9.30. The molecule has 1 aromatic rings. The van der Waals surface area contributed by atoms with Gasteiger partial charge >= 0.3 is 11.8 Å². The maximum absolute atomic E-state index is 12.7. The molecule has 1 aromatic carbocycles. The minimum absolute atomic E-state index is 0.273. The molecule has 12 heteroatoms. The van der Waals surface area contributed by atoms with Gasteiger partial charge in [0.1, 0.15) is 12.3 Å². The molecule has 0 aromatic heterocycles. The van der Waals surface area contributed by atoms with Crippen LogP contribution in [0, 0.1) is 5.92 Å². The second-order valence-corrected chi connectivity index (χ2v) is 10.9. The maximum atomic E-state index is 12.7. The molecule has 4 N–H and O–H groups in total. The summed E-state index contributed by atoms with van der Waals surface area (Å²) in [6, 6.07) is 4.49. The van der Waals surface area contributed by atoms with E-state index in [0.29, 0.717) is 5.69 Å². The van der Waals surface area contributed by atoms with Gasteiger partial charge in [-0.1, -0.05) is 52.8 Å². The van der Waals surface area contributed by atoms with E-state index in [1.807, 2.05) is 32.9 Å². The average molecular weight is 497 g/mol. The Balaban J connectivity index is 2.88. The Morgan fingerprint density at radius 3 is 2.09 bits per heavy atom. The van der Waals surface area contributed by atoms with Gasteiger partial charge in [0.05, 0.1) is 18.7 Å². The van der Waals surface area contributed by atoms with Crippen molar-refractivity contribution in [3.05, 3.63) is 29.8 Å². The smallest absolute Gasteiger partial charge is 0.313 e. The Hall–Kier alpha value is -3.28. The number of para-hydroxylation sites is 1. The van der Waals surface area contributed by atoms with E-state index in [4.69, 9.17) is 0 Å². The second kappa shape index (κ2) is 11.7. The van der Waals surface area contributed by atoms with Crippen molar-refractivity contribution >= 4 is 45.6 Å². The molecule has 0 heterocycles. The molecule has 0 spiro atoms. The van der Waals surface area contributed by atoms with E-state index in [0.717, 1.165) is 11.8 Å². The van der Waals surface area contributed by atoms with E-state index >= 15 is 0 Å². The fraction of sp³-hybridized carbons (Fsp3) is 0.500. The molecule has 11 nitrogen and oxygen atoms in total. The van der Waals surface area contributed by atoms with Crippen molar-refractivity contribution < 1.29 is 32.4 Å². The lowest BCUT2D eigenvalue weighted by Crippen LogP contribution is -2.55. The number of aldehydes is 1. The van der Waals surface area contributed by atoms with Crippen LogP contribution in [-0.4, -0.2) is 56.7 Å². The summed E-state index contributed by atoms with van der Waals surface area (Å²) in [6.07, 6.45) is 0.426. The summed E-state index contributed by atoms with van der Waals surface area (Å²) in [6.45, 7) is 9.09. The van der Waals surface area contributed by atoms with Crippen molar-refractivity contribution in [1.29, 1.82) is 0 Å². The van der Waals surface area contributed by atoms with Gasteiger partial charge in [-0.25, -0.2) is 8.42 Å². The first-order valence-corrected chi connectivity index (χ1v) is 12.4. The summed E-state index contributed by atoms with van der Waals surface area (Å²) in [5, 5.41) is 7.17. The molecule has 0 saturated carbocycles. The number of nitrogens with one attached hydrogen (secondary N) is 4. The van der Waals surface area contributed by atoms with Crippen molar-refractivity contribution in [3.63, 3.8) is 0 Å². The van der Waals surface area contributed by atoms with E-state index in [1.54, 1.807) is 30.7 Å². The number of carbonyl (C=O) groups is 5. The Morgan fingerprint density at radius 2 is 1.59 bits per heavy atom. The molecule has 0 fully saturated rings. The quantitative estimate of drug-likeness (QED) is 0.280. The zero-order chi connectivity index (χ0) is 26.3. The first kappa shape index (κ1) is 28.8. The van der Waals surface area contributed by atoms with Crippen LogP contribution in [-0.2, 0) is 39.4 Å². The van der Waals surface area contributed by atoms with E-state index in [9.17, 15) is 32.4 Å². The third-order valence-electron chi connectivity index (χ3n) is 4.62. The van der Waals surface area contributed by atoms with Crippen LogP contribution in [0.2, 0.25) is 0 Å². The summed E-state index contributed by atoms with van der Waals surface area (Å²) >= 11 is 0. The van der Waals surface area contributed by atoms with Crippen molar-refractivity contribution in [2.75, 3.05) is 11.6 Å². The number of anilines is 1. The lowest BCUT2D eigenvalue weighted by atomic mass is 9.86. The highest BCUT2D eigenvalue weighted by molar-refractivity contribution is 7.89. The third-order valence-corrected chi connectivity index (χ3v) is 5.22. The maximum Gasteiger partial charge on any atom is 0.313 e. The van der Waals surface area contributed by atoms with E-state index < -0.39 is 58.1 Å². The minimum atomic E-state index is -3.83. The predicted molar refractivity (Wildman–Crippen MR) is 126 cm³/mol. The fourth-order valence-electron chi connectivity index (χ4n) is 3.02. The molecule has 0 aliphatic rings. The second-order valence-electron chi connectivity index (χ2n) is 9.20. The lowest BCUT2D eigenvalue weighted by molar-refractivity contribution is -0.138. The molecule has 0 aliphatic carbocycles. The molecule has 0 saturated heterocycles. The lowest BCUT2D eigenvalue weighted by Gasteiger charge is -2.24. The predicted octanol–water partition coefficient (Wildman–Crippen LogP) is 0.213. The van der Waals surface area contributed by atoms with E-state index in [1.165, 1.54) is 0 Å². The summed E-state index contributed by atoms with van der Waals surface area (Å²) in [7, 11) is -3.83. The van der Waals surface area contributed by atoms with Crippen LogP contribution in [0.4, 0.5) is 5.69 Å². The normalized spacial score (nSPS) is 13.4. The van der Waals surface area contributed by atoms with Crippen LogP contribution < -0.4 is 20.7 Å². The molecular weight excluding hydrogens is 464 g/mol. The van der Waals surface area contributed by atoms with Crippen LogP contribution in [0.5, 0.6) is 0 Å². The Kier molecular flexibility index (Phi) is 9.92. The molecule has 0 bridgehead atoms. The number of sulfonamides is 1. The zero-order valence-corrected chi connectivity index (χ0v) is 20.9. The van der Waals surface area contributed by atoms with Gasteiger partial charge in [0, 0.05) is 5.69 Å². The van der Waals surface area contributed by atoms with Crippen molar-refractivity contribution in [2.24, 2.45) is 5.92 Å². The van der Waals surface area contributed by atoms with E-state index in [2.05, 4.69) is 16.0 Å². The van der Waals surface area contributed by atoms with Gasteiger partial charge in [-0.05, 0) is 23.0 Å². The summed E-state index contributed by atoms with van der Waals surface area (Å²) < 4.78 is 24.0. The van der Waals surface area contributed by atoms with Crippen LogP contribution in [0.3, 0.4) is 0 Å². The largest absolute Gasteiger partial charge is 0.344 e. The van der Waals surface area contributed by atoms with Crippen molar-refractivity contribution in [2.45, 2.75) is 58.5 Å². The molecule has 4 amide bonds. The summed E-state index contributed by atoms with van der Waals surface area (Å²) in [5.74, 6) is -4.31. The number of hydrogen-bond donors (Lipinski definition) is 4. The van der Waals surface area contributed by atoms with Gasteiger partial charge in [0.2, 0.25) is 21.8 Å². The molecule has 0 aliphatic heterocycles. The summed E-state index contributed by atoms with van der Waals surface area (Å²) in [4.78, 5) is 60.7. The molecule has 1 rings (SSSR count). The van der Waals surface area contributed by atoms with E-state index in [-0.39, 0.29) is 11.7 Å². The molecule has 0 unspecified atom stereocenters. The van der Waals surface area contributed by atoms with Crippen LogP contribution in [0.1, 0.15) is 46.6 Å². The minimum Gasteiger partial charge on any atom is -0.344 e. The number of hydrogen-bond acceptors (Lipinski definition) is 7. The van der Waals surface area contributed by atoms with Crippen LogP contribution in [0.15, 0.2) is 24.3 Å². The standard InChI is InChI=1S/C22H32N4O7S/c1-13(2)18(19(29)23-14(12-27)11-17(28)26-34(6,32)33)25-21(31)20(30)24-16-10-8-7-9-15(16)22(3,4)5/h7-10,12-14,18H,11H2,1-6H3,(H,23,29)(H,24,30)(H,25,31)(H,26,28)/t14-,18-/m0/s1. The fourth-order valence-corrected chi connectivity index (χ4v) is 3.52. The number of amides is 4. The van der Waals surface area contributed by atoms with Gasteiger partial charge in [0.15, 0.2) is 0 Å². The molecular formula is C22H32N4O7S.